The van der Waals surface area contributed by atoms with Crippen LogP contribution < -0.4 is 15.4 Å². The lowest BCUT2D eigenvalue weighted by atomic mass is 9.87. The number of carbonyl (C=O) groups is 3. The Morgan fingerprint density at radius 1 is 1.09 bits per heavy atom. The van der Waals surface area contributed by atoms with E-state index in [1.54, 1.807) is 25.1 Å². The van der Waals surface area contributed by atoms with Crippen molar-refractivity contribution in [3.63, 3.8) is 0 Å². The monoisotopic (exact) mass is 470 g/mol. The second-order valence-corrected chi connectivity index (χ2v) is 9.40. The Labute approximate surface area is 195 Å². The third-order valence-electron chi connectivity index (χ3n) is 4.76. The number of furan rings is 1. The third kappa shape index (κ3) is 6.01. The second-order valence-electron chi connectivity index (χ2n) is 8.34. The van der Waals surface area contributed by atoms with E-state index in [2.05, 4.69) is 31.4 Å². The summed E-state index contributed by atoms with van der Waals surface area (Å²) in [4.78, 5) is 37.4. The summed E-state index contributed by atoms with van der Waals surface area (Å²) in [6, 6.07) is 10.4. The molecule has 174 valence electrons. The van der Waals surface area contributed by atoms with E-state index in [4.69, 9.17) is 13.9 Å². The summed E-state index contributed by atoms with van der Waals surface area (Å²) in [6.07, 6.45) is 1.40. The minimum atomic E-state index is -0.651. The molecule has 2 N–H and O–H groups in total. The molecule has 0 radical (unpaired) electrons. The molecule has 0 saturated carbocycles. The van der Waals surface area contributed by atoms with E-state index < -0.39 is 24.4 Å². The van der Waals surface area contributed by atoms with Crippen LogP contribution in [0.5, 0.6) is 5.75 Å². The van der Waals surface area contributed by atoms with E-state index in [0.717, 1.165) is 16.9 Å². The van der Waals surface area contributed by atoms with E-state index in [-0.39, 0.29) is 11.2 Å². The van der Waals surface area contributed by atoms with E-state index in [1.165, 1.54) is 19.4 Å². The highest BCUT2D eigenvalue weighted by molar-refractivity contribution is 7.18. The minimum Gasteiger partial charge on any atom is -0.495 e. The molecule has 0 bridgehead atoms. The van der Waals surface area contributed by atoms with Crippen LogP contribution in [-0.4, -0.2) is 31.5 Å². The van der Waals surface area contributed by atoms with Gasteiger partial charge in [-0.25, -0.2) is 4.79 Å². The van der Waals surface area contributed by atoms with Crippen LogP contribution in [0, 0.1) is 6.92 Å². The number of rotatable bonds is 7. The Hall–Kier alpha value is -3.59. The Balaban J connectivity index is 1.61. The van der Waals surface area contributed by atoms with Gasteiger partial charge in [-0.1, -0.05) is 26.8 Å². The zero-order valence-corrected chi connectivity index (χ0v) is 19.9. The Morgan fingerprint density at radius 3 is 2.48 bits per heavy atom. The summed E-state index contributed by atoms with van der Waals surface area (Å²) in [7, 11) is 1.52. The number of carbonyl (C=O) groups excluding carboxylic acids is 3. The SMILES string of the molecule is COc1ccc(C(C)(C)C)cc1NC(=O)COC(=O)c1sc(NC(=O)c2ccco2)cc1C. The van der Waals surface area contributed by atoms with Crippen molar-refractivity contribution in [2.45, 2.75) is 33.1 Å². The fourth-order valence-corrected chi connectivity index (χ4v) is 3.94. The summed E-state index contributed by atoms with van der Waals surface area (Å²) in [5, 5.41) is 5.88. The van der Waals surface area contributed by atoms with Crippen molar-refractivity contribution in [2.24, 2.45) is 0 Å². The maximum Gasteiger partial charge on any atom is 0.349 e. The van der Waals surface area contributed by atoms with Gasteiger partial charge in [0.05, 0.1) is 24.1 Å². The molecule has 0 unspecified atom stereocenters. The number of methoxy groups -OCH3 is 1. The largest absolute Gasteiger partial charge is 0.495 e. The van der Waals surface area contributed by atoms with Crippen LogP contribution >= 0.6 is 11.3 Å². The van der Waals surface area contributed by atoms with Crippen molar-refractivity contribution in [3.05, 3.63) is 64.4 Å². The number of amides is 2. The number of hydrogen-bond acceptors (Lipinski definition) is 7. The molecule has 33 heavy (non-hydrogen) atoms. The van der Waals surface area contributed by atoms with Crippen molar-refractivity contribution >= 4 is 39.8 Å². The van der Waals surface area contributed by atoms with Crippen LogP contribution in [-0.2, 0) is 14.9 Å². The van der Waals surface area contributed by atoms with Crippen molar-refractivity contribution in [3.8, 4) is 5.75 Å². The number of thiophene rings is 1. The Kier molecular flexibility index (Phi) is 7.23. The van der Waals surface area contributed by atoms with Crippen LogP contribution in [0.2, 0.25) is 0 Å². The van der Waals surface area contributed by atoms with Gasteiger partial charge in [-0.05, 0) is 53.8 Å². The van der Waals surface area contributed by atoms with Gasteiger partial charge in [0.15, 0.2) is 12.4 Å². The van der Waals surface area contributed by atoms with Crippen molar-refractivity contribution < 1.29 is 28.3 Å². The highest BCUT2D eigenvalue weighted by Gasteiger charge is 2.20. The lowest BCUT2D eigenvalue weighted by Crippen LogP contribution is -2.21. The number of nitrogens with one attached hydrogen (secondary N) is 2. The number of hydrogen-bond donors (Lipinski definition) is 2. The fraction of sp³-hybridized carbons (Fsp3) is 0.292. The van der Waals surface area contributed by atoms with E-state index >= 15 is 0 Å². The van der Waals surface area contributed by atoms with Crippen LogP contribution in [0.4, 0.5) is 10.7 Å². The highest BCUT2D eigenvalue weighted by atomic mass is 32.1. The molecule has 9 heteroatoms. The summed E-state index contributed by atoms with van der Waals surface area (Å²) in [5.74, 6) is -0.900. The zero-order valence-electron chi connectivity index (χ0n) is 19.1. The van der Waals surface area contributed by atoms with Crippen LogP contribution in [0.3, 0.4) is 0 Å². The van der Waals surface area contributed by atoms with E-state index in [9.17, 15) is 14.4 Å². The van der Waals surface area contributed by atoms with Gasteiger partial charge in [0, 0.05) is 0 Å². The molecule has 3 rings (SSSR count). The molecular weight excluding hydrogens is 444 g/mol. The Morgan fingerprint density at radius 2 is 1.85 bits per heavy atom. The molecule has 2 aromatic heterocycles. The first-order chi connectivity index (χ1) is 15.6. The van der Waals surface area contributed by atoms with Gasteiger partial charge in [0.2, 0.25) is 0 Å². The molecule has 0 aliphatic carbocycles. The molecule has 8 nitrogen and oxygen atoms in total. The molecule has 0 spiro atoms. The number of aryl methyl sites for hydroxylation is 1. The Bertz CT molecular complexity index is 1160. The molecule has 0 fully saturated rings. The quantitative estimate of drug-likeness (QED) is 0.471. The predicted molar refractivity (Wildman–Crippen MR) is 126 cm³/mol. The normalized spacial score (nSPS) is 11.1. The van der Waals surface area contributed by atoms with Gasteiger partial charge in [0.25, 0.3) is 11.8 Å². The highest BCUT2D eigenvalue weighted by Crippen LogP contribution is 2.31. The van der Waals surface area contributed by atoms with Gasteiger partial charge >= 0.3 is 5.97 Å². The lowest BCUT2D eigenvalue weighted by Gasteiger charge is -2.21. The van der Waals surface area contributed by atoms with Crippen molar-refractivity contribution in [2.75, 3.05) is 24.4 Å². The van der Waals surface area contributed by atoms with Gasteiger partial charge < -0.3 is 24.5 Å². The molecule has 0 saturated heterocycles. The molecule has 2 amide bonds. The van der Waals surface area contributed by atoms with Crippen LogP contribution in [0.1, 0.15) is 52.1 Å². The molecular formula is C24H26N2O6S. The molecule has 3 aromatic rings. The third-order valence-corrected chi connectivity index (χ3v) is 5.89. The first-order valence-electron chi connectivity index (χ1n) is 10.2. The number of ether oxygens (including phenoxy) is 2. The van der Waals surface area contributed by atoms with Crippen LogP contribution in [0.25, 0.3) is 0 Å². The average Bonchev–Trinajstić information content (AvgIpc) is 3.41. The molecule has 0 aliphatic rings. The summed E-state index contributed by atoms with van der Waals surface area (Å²) < 4.78 is 15.6. The van der Waals surface area contributed by atoms with Gasteiger partial charge in [0.1, 0.15) is 10.6 Å². The number of benzene rings is 1. The van der Waals surface area contributed by atoms with Crippen LogP contribution in [0.15, 0.2) is 47.1 Å². The summed E-state index contributed by atoms with van der Waals surface area (Å²) in [6.45, 7) is 7.45. The first kappa shape index (κ1) is 24.1. The van der Waals surface area contributed by atoms with Gasteiger partial charge in [-0.2, -0.15) is 0 Å². The fourth-order valence-electron chi connectivity index (χ4n) is 2.98. The van der Waals surface area contributed by atoms with Gasteiger partial charge in [-0.3, -0.25) is 9.59 Å². The maximum atomic E-state index is 12.5. The maximum absolute atomic E-state index is 12.5. The van der Waals surface area contributed by atoms with Crippen molar-refractivity contribution in [1.29, 1.82) is 0 Å². The smallest absolute Gasteiger partial charge is 0.349 e. The average molecular weight is 471 g/mol. The molecule has 0 aliphatic heterocycles. The summed E-state index contributed by atoms with van der Waals surface area (Å²) in [5.41, 5.74) is 2.04. The van der Waals surface area contributed by atoms with E-state index in [0.29, 0.717) is 26.9 Å². The predicted octanol–water partition coefficient (Wildman–Crippen LogP) is 5.00. The van der Waals surface area contributed by atoms with Gasteiger partial charge in [-0.15, -0.1) is 11.3 Å². The first-order valence-corrected chi connectivity index (χ1v) is 11.0. The molecule has 1 aromatic carbocycles. The lowest BCUT2D eigenvalue weighted by molar-refractivity contribution is -0.119. The summed E-state index contributed by atoms with van der Waals surface area (Å²) >= 11 is 1.06. The van der Waals surface area contributed by atoms with Crippen molar-refractivity contribution in [1.82, 2.24) is 0 Å². The second kappa shape index (κ2) is 9.91. The minimum absolute atomic E-state index is 0.112. The van der Waals surface area contributed by atoms with E-state index in [1.807, 2.05) is 12.1 Å². The standard InChI is InChI=1S/C24H26N2O6S/c1-14-11-20(26-22(28)18-7-6-10-31-18)33-21(14)23(29)32-13-19(27)25-16-12-15(24(2,3)4)8-9-17(16)30-5/h6-12H,13H2,1-5H3,(H,25,27)(H,26,28). The zero-order chi connectivity index (χ0) is 24.2. The topological polar surface area (TPSA) is 107 Å². The molecule has 0 atom stereocenters. The molecule has 2 heterocycles. The number of esters is 1. The number of anilines is 2.